The number of fused-ring (bicyclic) bond motifs is 1. The van der Waals surface area contributed by atoms with Crippen molar-refractivity contribution in [2.75, 3.05) is 12.3 Å². The van der Waals surface area contributed by atoms with Gasteiger partial charge in [-0.25, -0.2) is 13.8 Å². The van der Waals surface area contributed by atoms with Crippen LogP contribution < -0.4 is 11.3 Å². The number of aliphatic hydroxyl groups excluding tert-OH is 2. The maximum Gasteiger partial charge on any atom is 0.280 e. The fourth-order valence-electron chi connectivity index (χ4n) is 2.83. The Bertz CT molecular complexity index is 802. The number of nitrogens with zero attached hydrogens (tertiary/aromatic N) is 3. The van der Waals surface area contributed by atoms with E-state index in [1.807, 2.05) is 0 Å². The molecule has 1 aliphatic carbocycles. The van der Waals surface area contributed by atoms with E-state index in [4.69, 9.17) is 5.73 Å². The van der Waals surface area contributed by atoms with Crippen LogP contribution in [0.1, 0.15) is 6.04 Å². The van der Waals surface area contributed by atoms with Crippen molar-refractivity contribution in [1.29, 1.82) is 0 Å². The molecule has 0 unspecified atom stereocenters. The fourth-order valence-corrected chi connectivity index (χ4v) is 2.83. The summed E-state index contributed by atoms with van der Waals surface area (Å²) in [5, 5.41) is 19.0. The number of aromatic amines is 1. The van der Waals surface area contributed by atoms with Crippen LogP contribution >= 0.6 is 0 Å². The van der Waals surface area contributed by atoms with Gasteiger partial charge < -0.3 is 20.5 Å². The number of alkyl halides is 1. The largest absolute Gasteiger partial charge is 0.396 e. The van der Waals surface area contributed by atoms with Crippen LogP contribution in [0.25, 0.3) is 11.2 Å². The molecule has 2 heterocycles. The van der Waals surface area contributed by atoms with E-state index in [9.17, 15) is 23.8 Å². The van der Waals surface area contributed by atoms with Crippen LogP contribution in [0.15, 0.2) is 23.0 Å². The van der Waals surface area contributed by atoms with Gasteiger partial charge in [-0.15, -0.1) is 0 Å². The third-order valence-electron chi connectivity index (χ3n) is 3.88. The van der Waals surface area contributed by atoms with Crippen molar-refractivity contribution < 1.29 is 19.0 Å². The van der Waals surface area contributed by atoms with Crippen LogP contribution in [0.4, 0.5) is 14.7 Å². The van der Waals surface area contributed by atoms with Gasteiger partial charge >= 0.3 is 0 Å². The van der Waals surface area contributed by atoms with E-state index in [-0.39, 0.29) is 29.0 Å². The zero-order valence-electron chi connectivity index (χ0n) is 11.1. The number of hydrogen-bond donors (Lipinski definition) is 4. The second kappa shape index (κ2) is 5.14. The van der Waals surface area contributed by atoms with Crippen molar-refractivity contribution in [3.8, 4) is 0 Å². The summed E-state index contributed by atoms with van der Waals surface area (Å²) in [4.78, 5) is 21.7. The minimum Gasteiger partial charge on any atom is -0.396 e. The van der Waals surface area contributed by atoms with Gasteiger partial charge in [0.25, 0.3) is 5.56 Å². The Balaban J connectivity index is 2.20. The van der Waals surface area contributed by atoms with Gasteiger partial charge in [0.05, 0.1) is 31.4 Å². The van der Waals surface area contributed by atoms with Gasteiger partial charge in [0.2, 0.25) is 5.95 Å². The number of imidazole rings is 1. The first-order valence-electron chi connectivity index (χ1n) is 6.45. The van der Waals surface area contributed by atoms with Crippen molar-refractivity contribution in [2.24, 2.45) is 5.92 Å². The molecule has 22 heavy (non-hydrogen) atoms. The van der Waals surface area contributed by atoms with Gasteiger partial charge in [0, 0.05) is 5.92 Å². The third kappa shape index (κ3) is 1.91. The second-order valence-corrected chi connectivity index (χ2v) is 5.05. The molecule has 2 aromatic rings. The number of H-pyrrole nitrogens is 1. The van der Waals surface area contributed by atoms with Gasteiger partial charge in [-0.05, 0) is 5.57 Å². The standard InChI is InChI=1S/C12H13F2N5O3/c13-1-4-5(2-20)9(21)6(14)8(4)19-3-16-7-10(19)17-12(15)18-11(7)22/h1,3,5-6,8-9,20-21H,2H2,(H3,15,17,18,22)/b4-1+/t5-,6+,8+,9+/m0/s1. The van der Waals surface area contributed by atoms with Crippen molar-refractivity contribution in [3.63, 3.8) is 0 Å². The normalized spacial score (nSPS) is 30.5. The average molecular weight is 313 g/mol. The number of anilines is 1. The molecule has 2 aromatic heterocycles. The highest BCUT2D eigenvalue weighted by molar-refractivity contribution is 5.71. The topological polar surface area (TPSA) is 130 Å². The fraction of sp³-hybridized carbons (Fsp3) is 0.417. The second-order valence-electron chi connectivity index (χ2n) is 5.05. The lowest BCUT2D eigenvalue weighted by molar-refractivity contribution is 0.0425. The molecule has 1 fully saturated rings. The first-order valence-corrected chi connectivity index (χ1v) is 6.45. The molecule has 0 amide bonds. The van der Waals surface area contributed by atoms with Gasteiger partial charge in [-0.3, -0.25) is 9.78 Å². The number of rotatable bonds is 2. The molecule has 0 aliphatic heterocycles. The average Bonchev–Trinajstić information content (AvgIpc) is 2.99. The van der Waals surface area contributed by atoms with Crippen molar-refractivity contribution in [3.05, 3.63) is 28.6 Å². The van der Waals surface area contributed by atoms with Gasteiger partial charge in [-0.1, -0.05) is 0 Å². The number of nitrogens with two attached hydrogens (primary N) is 1. The zero-order valence-corrected chi connectivity index (χ0v) is 11.1. The molecular weight excluding hydrogens is 300 g/mol. The molecule has 0 radical (unpaired) electrons. The summed E-state index contributed by atoms with van der Waals surface area (Å²) >= 11 is 0. The van der Waals surface area contributed by atoms with Crippen LogP contribution in [0.5, 0.6) is 0 Å². The van der Waals surface area contributed by atoms with Crippen molar-refractivity contribution in [2.45, 2.75) is 18.3 Å². The Kier molecular flexibility index (Phi) is 3.41. The smallest absolute Gasteiger partial charge is 0.280 e. The molecule has 0 saturated heterocycles. The molecule has 0 spiro atoms. The van der Waals surface area contributed by atoms with E-state index in [1.54, 1.807) is 0 Å². The Morgan fingerprint density at radius 1 is 1.55 bits per heavy atom. The van der Waals surface area contributed by atoms with Crippen LogP contribution in [-0.2, 0) is 0 Å². The lowest BCUT2D eigenvalue weighted by Crippen LogP contribution is -2.27. The highest BCUT2D eigenvalue weighted by atomic mass is 19.1. The number of nitrogen functional groups attached to an aromatic ring is 1. The maximum absolute atomic E-state index is 14.4. The number of halogens is 2. The van der Waals surface area contributed by atoms with E-state index in [1.165, 1.54) is 0 Å². The van der Waals surface area contributed by atoms with E-state index in [0.29, 0.717) is 0 Å². The van der Waals surface area contributed by atoms with Crippen LogP contribution in [0.2, 0.25) is 0 Å². The summed E-state index contributed by atoms with van der Waals surface area (Å²) < 4.78 is 28.7. The van der Waals surface area contributed by atoms with Crippen LogP contribution in [-0.4, -0.2) is 48.6 Å². The van der Waals surface area contributed by atoms with E-state index in [2.05, 4.69) is 15.0 Å². The minimum atomic E-state index is -1.89. The summed E-state index contributed by atoms with van der Waals surface area (Å²) in [6.07, 6.45) is -2.19. The molecule has 0 bridgehead atoms. The highest BCUT2D eigenvalue weighted by Gasteiger charge is 2.48. The Morgan fingerprint density at radius 2 is 2.27 bits per heavy atom. The Labute approximate surface area is 121 Å². The van der Waals surface area contributed by atoms with E-state index >= 15 is 0 Å². The van der Waals surface area contributed by atoms with Crippen molar-refractivity contribution in [1.82, 2.24) is 19.5 Å². The summed E-state index contributed by atoms with van der Waals surface area (Å²) in [7, 11) is 0. The summed E-state index contributed by atoms with van der Waals surface area (Å²) in [5.74, 6) is -1.28. The molecule has 1 saturated carbocycles. The first kappa shape index (κ1) is 14.6. The predicted molar refractivity (Wildman–Crippen MR) is 72.3 cm³/mol. The molecule has 10 heteroatoms. The first-order chi connectivity index (χ1) is 10.5. The monoisotopic (exact) mass is 313 g/mol. The number of nitrogens with one attached hydrogen (secondary N) is 1. The van der Waals surface area contributed by atoms with Crippen LogP contribution in [0, 0.1) is 5.92 Å². The quantitative estimate of drug-likeness (QED) is 0.587. The molecular formula is C12H13F2N5O3. The highest BCUT2D eigenvalue weighted by Crippen LogP contribution is 2.43. The summed E-state index contributed by atoms with van der Waals surface area (Å²) in [6, 6.07) is -1.27. The third-order valence-corrected chi connectivity index (χ3v) is 3.88. The number of hydrogen-bond acceptors (Lipinski definition) is 6. The molecule has 4 atom stereocenters. The zero-order chi connectivity index (χ0) is 16.0. The molecule has 1 aliphatic rings. The van der Waals surface area contributed by atoms with E-state index in [0.717, 1.165) is 10.9 Å². The van der Waals surface area contributed by atoms with Crippen molar-refractivity contribution >= 4 is 17.1 Å². The summed E-state index contributed by atoms with van der Waals surface area (Å²) in [6.45, 7) is -0.614. The minimum absolute atomic E-state index is 0.0287. The Hall–Kier alpha value is -2.33. The van der Waals surface area contributed by atoms with Gasteiger partial charge in [0.15, 0.2) is 17.3 Å². The Morgan fingerprint density at radius 3 is 2.91 bits per heavy atom. The number of aromatic nitrogens is 4. The summed E-state index contributed by atoms with van der Waals surface area (Å²) in [5.41, 5.74) is 4.60. The predicted octanol–water partition coefficient (Wildman–Crippen LogP) is -0.583. The molecule has 8 nitrogen and oxygen atoms in total. The van der Waals surface area contributed by atoms with Crippen LogP contribution in [0.3, 0.4) is 0 Å². The van der Waals surface area contributed by atoms with E-state index < -0.39 is 36.4 Å². The maximum atomic E-state index is 14.4. The molecule has 118 valence electrons. The molecule has 3 rings (SSSR count). The van der Waals surface area contributed by atoms with Gasteiger partial charge in [0.1, 0.15) is 0 Å². The lowest BCUT2D eigenvalue weighted by atomic mass is 10.0. The SMILES string of the molecule is Nc1nc2c(ncn2[C@@H]2/C(=C/F)[C@H](CO)[C@@H](O)[C@@H]2F)c(=O)[nH]1. The molecule has 0 aromatic carbocycles. The molecule has 5 N–H and O–H groups in total. The number of aliphatic hydroxyl groups is 2. The van der Waals surface area contributed by atoms with Gasteiger partial charge in [-0.2, -0.15) is 4.98 Å². The lowest BCUT2D eigenvalue weighted by Gasteiger charge is -2.17.